The predicted octanol–water partition coefficient (Wildman–Crippen LogP) is 3.48. The second-order valence-electron chi connectivity index (χ2n) is 5.26. The fraction of sp³-hybridized carbons (Fsp3) is 0.143. The Morgan fingerprint density at radius 1 is 1.08 bits per heavy atom. The highest BCUT2D eigenvalue weighted by Crippen LogP contribution is 2.02. The highest BCUT2D eigenvalue weighted by Gasteiger charge is 2.18. The fourth-order valence-corrected chi connectivity index (χ4v) is 2.05. The minimum atomic E-state index is -0.781. The fourth-order valence-electron chi connectivity index (χ4n) is 2.05. The van der Waals surface area contributed by atoms with Crippen LogP contribution in [0.5, 0.6) is 0 Å². The summed E-state index contributed by atoms with van der Waals surface area (Å²) in [5, 5.41) is 2.54. The molecule has 0 bridgehead atoms. The number of hydrogen-bond donors (Lipinski definition) is 1. The van der Waals surface area contributed by atoms with Crippen molar-refractivity contribution in [3.05, 3.63) is 84.4 Å². The lowest BCUT2D eigenvalue weighted by Crippen LogP contribution is -2.40. The van der Waals surface area contributed by atoms with Crippen LogP contribution in [0, 0.1) is 11.8 Å². The van der Waals surface area contributed by atoms with Crippen LogP contribution in [-0.2, 0) is 16.1 Å². The third kappa shape index (κ3) is 6.36. The lowest BCUT2D eigenvalue weighted by Gasteiger charge is -2.13. The van der Waals surface area contributed by atoms with Gasteiger partial charge in [0, 0.05) is 5.56 Å². The maximum atomic E-state index is 12.2. The minimum Gasteiger partial charge on any atom is -0.445 e. The standard InChI is InChI=1S/C21H19NO3/c1-2-9-19(20(23)15-14-17-10-5-3-6-11-17)22-21(24)25-16-18-12-7-4-8-13-18/h2-8,10-13,19H,1,9,16H2,(H,22,24). The number of nitrogens with one attached hydrogen (secondary N) is 1. The molecule has 4 nitrogen and oxygen atoms in total. The Hall–Kier alpha value is -3.32. The summed E-state index contributed by atoms with van der Waals surface area (Å²) in [7, 11) is 0. The molecule has 4 heteroatoms. The van der Waals surface area contributed by atoms with E-state index in [2.05, 4.69) is 23.7 Å². The van der Waals surface area contributed by atoms with Crippen molar-refractivity contribution in [2.75, 3.05) is 0 Å². The molecular weight excluding hydrogens is 314 g/mol. The molecule has 2 aromatic rings. The summed E-state index contributed by atoms with van der Waals surface area (Å²) >= 11 is 0. The molecule has 0 aliphatic rings. The van der Waals surface area contributed by atoms with Crippen LogP contribution in [0.15, 0.2) is 73.3 Å². The zero-order valence-electron chi connectivity index (χ0n) is 13.8. The Balaban J connectivity index is 1.93. The van der Waals surface area contributed by atoms with Crippen molar-refractivity contribution in [3.63, 3.8) is 0 Å². The summed E-state index contributed by atoms with van der Waals surface area (Å²) in [6.07, 6.45) is 1.18. The van der Waals surface area contributed by atoms with Gasteiger partial charge in [-0.3, -0.25) is 4.79 Å². The van der Waals surface area contributed by atoms with Crippen molar-refractivity contribution in [3.8, 4) is 11.8 Å². The molecule has 1 atom stereocenters. The van der Waals surface area contributed by atoms with E-state index < -0.39 is 12.1 Å². The average molecular weight is 333 g/mol. The highest BCUT2D eigenvalue weighted by molar-refractivity contribution is 6.01. The van der Waals surface area contributed by atoms with Crippen molar-refractivity contribution in [2.24, 2.45) is 0 Å². The summed E-state index contributed by atoms with van der Waals surface area (Å²) in [6, 6.07) is 17.7. The summed E-state index contributed by atoms with van der Waals surface area (Å²) in [4.78, 5) is 24.1. The molecule has 0 saturated heterocycles. The van der Waals surface area contributed by atoms with Gasteiger partial charge in [0.05, 0.1) is 0 Å². The molecule has 0 fully saturated rings. The van der Waals surface area contributed by atoms with Crippen LogP contribution < -0.4 is 5.32 Å². The summed E-state index contributed by atoms with van der Waals surface area (Å²) in [5.41, 5.74) is 1.60. The first-order valence-corrected chi connectivity index (χ1v) is 7.88. The van der Waals surface area contributed by atoms with Gasteiger partial charge in [0.25, 0.3) is 0 Å². The molecule has 0 aliphatic heterocycles. The van der Waals surface area contributed by atoms with Crippen LogP contribution >= 0.6 is 0 Å². The van der Waals surface area contributed by atoms with Gasteiger partial charge in [0.2, 0.25) is 5.78 Å². The van der Waals surface area contributed by atoms with Crippen LogP contribution in [0.1, 0.15) is 17.5 Å². The molecule has 25 heavy (non-hydrogen) atoms. The predicted molar refractivity (Wildman–Crippen MR) is 96.7 cm³/mol. The van der Waals surface area contributed by atoms with E-state index in [-0.39, 0.29) is 18.8 Å². The number of ether oxygens (including phenoxy) is 1. The van der Waals surface area contributed by atoms with E-state index in [0.717, 1.165) is 11.1 Å². The van der Waals surface area contributed by atoms with Crippen LogP contribution in [0.2, 0.25) is 0 Å². The molecule has 126 valence electrons. The van der Waals surface area contributed by atoms with Gasteiger partial charge in [-0.25, -0.2) is 4.79 Å². The molecule has 1 N–H and O–H groups in total. The van der Waals surface area contributed by atoms with Gasteiger partial charge in [-0.05, 0) is 30.0 Å². The molecule has 2 rings (SSSR count). The normalized spacial score (nSPS) is 10.7. The Morgan fingerprint density at radius 2 is 1.72 bits per heavy atom. The van der Waals surface area contributed by atoms with Gasteiger partial charge < -0.3 is 10.1 Å². The van der Waals surface area contributed by atoms with E-state index in [1.165, 1.54) is 0 Å². The van der Waals surface area contributed by atoms with Crippen molar-refractivity contribution < 1.29 is 14.3 Å². The molecule has 0 radical (unpaired) electrons. The third-order valence-electron chi connectivity index (χ3n) is 3.33. The van der Waals surface area contributed by atoms with E-state index in [4.69, 9.17) is 4.74 Å². The Labute approximate surface area is 147 Å². The first-order chi connectivity index (χ1) is 12.2. The number of amides is 1. The number of hydrogen-bond acceptors (Lipinski definition) is 3. The zero-order valence-corrected chi connectivity index (χ0v) is 13.8. The zero-order chi connectivity index (χ0) is 17.9. The maximum Gasteiger partial charge on any atom is 0.408 e. The van der Waals surface area contributed by atoms with E-state index in [9.17, 15) is 9.59 Å². The van der Waals surface area contributed by atoms with Crippen LogP contribution in [0.25, 0.3) is 0 Å². The second kappa shape index (κ2) is 9.74. The molecule has 0 aliphatic carbocycles. The number of carbonyl (C=O) groups excluding carboxylic acids is 2. The topological polar surface area (TPSA) is 55.4 Å². The molecule has 1 unspecified atom stereocenters. The van der Waals surface area contributed by atoms with Crippen molar-refractivity contribution in [1.82, 2.24) is 5.32 Å². The van der Waals surface area contributed by atoms with Gasteiger partial charge in [0.15, 0.2) is 0 Å². The SMILES string of the molecule is C=CCC(NC(=O)OCc1ccccc1)C(=O)C#Cc1ccccc1. The van der Waals surface area contributed by atoms with E-state index in [0.29, 0.717) is 0 Å². The minimum absolute atomic E-state index is 0.136. The molecule has 1 amide bonds. The molecule has 0 aromatic heterocycles. The molecule has 0 saturated carbocycles. The molecule has 0 spiro atoms. The lowest BCUT2D eigenvalue weighted by molar-refractivity contribution is -0.115. The largest absolute Gasteiger partial charge is 0.445 e. The number of benzene rings is 2. The van der Waals surface area contributed by atoms with E-state index in [1.54, 1.807) is 6.08 Å². The number of alkyl carbamates (subject to hydrolysis) is 1. The Bertz CT molecular complexity index is 773. The third-order valence-corrected chi connectivity index (χ3v) is 3.33. The monoisotopic (exact) mass is 333 g/mol. The second-order valence-corrected chi connectivity index (χ2v) is 5.26. The number of Topliss-reactive ketones (excluding diaryl/α,β-unsaturated/α-hetero) is 1. The van der Waals surface area contributed by atoms with E-state index >= 15 is 0 Å². The maximum absolute atomic E-state index is 12.2. The number of carbonyl (C=O) groups is 2. The van der Waals surface area contributed by atoms with E-state index in [1.807, 2.05) is 60.7 Å². The van der Waals surface area contributed by atoms with Gasteiger partial charge in [0.1, 0.15) is 12.6 Å². The van der Waals surface area contributed by atoms with Gasteiger partial charge in [-0.2, -0.15) is 0 Å². The molecule has 0 heterocycles. The first kappa shape index (κ1) is 18.0. The molecular formula is C21H19NO3. The summed E-state index contributed by atoms with van der Waals surface area (Å²) in [6.45, 7) is 3.75. The van der Waals surface area contributed by atoms with Crippen LogP contribution in [0.4, 0.5) is 4.79 Å². The quantitative estimate of drug-likeness (QED) is 0.650. The summed E-state index contributed by atoms with van der Waals surface area (Å²) in [5.74, 6) is 4.96. The average Bonchev–Trinajstić information content (AvgIpc) is 2.66. The number of rotatable bonds is 6. The highest BCUT2D eigenvalue weighted by atomic mass is 16.5. The lowest BCUT2D eigenvalue weighted by atomic mass is 10.1. The first-order valence-electron chi connectivity index (χ1n) is 7.88. The van der Waals surface area contributed by atoms with Crippen molar-refractivity contribution in [2.45, 2.75) is 19.1 Å². The van der Waals surface area contributed by atoms with Crippen LogP contribution in [-0.4, -0.2) is 17.9 Å². The van der Waals surface area contributed by atoms with Crippen molar-refractivity contribution in [1.29, 1.82) is 0 Å². The van der Waals surface area contributed by atoms with Gasteiger partial charge >= 0.3 is 6.09 Å². The number of ketones is 1. The van der Waals surface area contributed by atoms with Gasteiger partial charge in [-0.1, -0.05) is 60.5 Å². The van der Waals surface area contributed by atoms with Gasteiger partial charge in [-0.15, -0.1) is 6.58 Å². The molecule has 2 aromatic carbocycles. The van der Waals surface area contributed by atoms with Crippen LogP contribution in [0.3, 0.4) is 0 Å². The summed E-state index contributed by atoms with van der Waals surface area (Å²) < 4.78 is 5.13. The Morgan fingerprint density at radius 3 is 2.36 bits per heavy atom. The van der Waals surface area contributed by atoms with Crippen molar-refractivity contribution >= 4 is 11.9 Å². The smallest absolute Gasteiger partial charge is 0.408 e. The Kier molecular flexibility index (Phi) is 7.02.